The Bertz CT molecular complexity index is 509. The van der Waals surface area contributed by atoms with E-state index in [0.29, 0.717) is 10.1 Å². The predicted molar refractivity (Wildman–Crippen MR) is 84.4 cm³/mol. The number of benzene rings is 1. The minimum atomic E-state index is -3.29. The van der Waals surface area contributed by atoms with Crippen LogP contribution in [0.25, 0.3) is 5.03 Å². The molecule has 0 N–H and O–H groups in total. The molecular formula is C13H18Cl2NO3P. The number of halogens is 2. The van der Waals surface area contributed by atoms with E-state index in [4.69, 9.17) is 32.2 Å². The van der Waals surface area contributed by atoms with Gasteiger partial charge in [-0.05, 0) is 37.9 Å². The second-order valence-corrected chi connectivity index (χ2v) is 7.49. The second kappa shape index (κ2) is 7.60. The van der Waals surface area contributed by atoms with Crippen molar-refractivity contribution < 1.29 is 13.6 Å². The van der Waals surface area contributed by atoms with Crippen molar-refractivity contribution in [1.29, 1.82) is 0 Å². The van der Waals surface area contributed by atoms with Crippen LogP contribution in [0.2, 0.25) is 5.02 Å². The van der Waals surface area contributed by atoms with Gasteiger partial charge in [0.2, 0.25) is 0 Å². The standard InChI is InChI=1S/C13H18Cl2NO3P/c1-16(2)13(20(17,18-3)19-4)9-12(15)10-5-7-11(14)8-6-10/h5-9,13H,1-4H3/b12-9-. The summed E-state index contributed by atoms with van der Waals surface area (Å²) in [5, 5.41) is 1.08. The first-order chi connectivity index (χ1) is 9.34. The molecule has 1 unspecified atom stereocenters. The molecule has 0 bridgehead atoms. The van der Waals surface area contributed by atoms with Crippen LogP contribution in [0.1, 0.15) is 5.56 Å². The Labute approximate surface area is 129 Å². The van der Waals surface area contributed by atoms with Crippen LogP contribution in [0, 0.1) is 0 Å². The molecule has 0 saturated carbocycles. The number of hydrogen-bond donors (Lipinski definition) is 0. The van der Waals surface area contributed by atoms with E-state index in [1.807, 2.05) is 0 Å². The van der Waals surface area contributed by atoms with E-state index in [1.165, 1.54) is 14.2 Å². The minimum Gasteiger partial charge on any atom is -0.311 e. The summed E-state index contributed by atoms with van der Waals surface area (Å²) in [6.45, 7) is 0. The average Bonchev–Trinajstić information content (AvgIpc) is 2.44. The highest BCUT2D eigenvalue weighted by Gasteiger charge is 2.34. The van der Waals surface area contributed by atoms with E-state index >= 15 is 0 Å². The lowest BCUT2D eigenvalue weighted by molar-refractivity contribution is 0.242. The fraction of sp³-hybridized carbons (Fsp3) is 0.385. The summed E-state index contributed by atoms with van der Waals surface area (Å²) in [7, 11) is 2.96. The average molecular weight is 338 g/mol. The summed E-state index contributed by atoms with van der Waals surface area (Å²) in [6, 6.07) is 7.06. The Morgan fingerprint density at radius 2 is 1.75 bits per heavy atom. The molecule has 112 valence electrons. The molecule has 1 aromatic rings. The van der Waals surface area contributed by atoms with Crippen molar-refractivity contribution in [2.75, 3.05) is 28.3 Å². The molecule has 4 nitrogen and oxygen atoms in total. The fourth-order valence-electron chi connectivity index (χ4n) is 1.65. The number of hydrogen-bond acceptors (Lipinski definition) is 4. The topological polar surface area (TPSA) is 38.8 Å². The van der Waals surface area contributed by atoms with Crippen molar-refractivity contribution in [2.45, 2.75) is 5.78 Å². The zero-order valence-corrected chi connectivity index (χ0v) is 14.2. The highest BCUT2D eigenvalue weighted by molar-refractivity contribution is 7.54. The van der Waals surface area contributed by atoms with Gasteiger partial charge in [0.05, 0.1) is 0 Å². The molecule has 1 aromatic carbocycles. The third-order valence-electron chi connectivity index (χ3n) is 2.78. The van der Waals surface area contributed by atoms with Gasteiger partial charge in [0.1, 0.15) is 5.78 Å². The Morgan fingerprint density at radius 3 is 2.15 bits per heavy atom. The van der Waals surface area contributed by atoms with E-state index in [1.54, 1.807) is 49.3 Å². The van der Waals surface area contributed by atoms with Gasteiger partial charge >= 0.3 is 7.60 Å². The summed E-state index contributed by atoms with van der Waals surface area (Å²) >= 11 is 12.1. The normalized spacial score (nSPS) is 14.7. The van der Waals surface area contributed by atoms with Crippen molar-refractivity contribution in [2.24, 2.45) is 0 Å². The van der Waals surface area contributed by atoms with E-state index in [9.17, 15) is 4.57 Å². The van der Waals surface area contributed by atoms with E-state index in [0.717, 1.165) is 5.56 Å². The Kier molecular flexibility index (Phi) is 6.73. The summed E-state index contributed by atoms with van der Waals surface area (Å²) < 4.78 is 22.6. The molecule has 0 heterocycles. The minimum absolute atomic E-state index is 0.453. The number of likely N-dealkylation sites (N-methyl/N-ethyl adjacent to an activating group) is 1. The molecule has 0 spiro atoms. The van der Waals surface area contributed by atoms with Crippen molar-refractivity contribution >= 4 is 35.8 Å². The Morgan fingerprint density at radius 1 is 1.25 bits per heavy atom. The molecule has 0 radical (unpaired) electrons. The predicted octanol–water partition coefficient (Wildman–Crippen LogP) is 4.29. The molecule has 7 heteroatoms. The third kappa shape index (κ3) is 4.32. The van der Waals surface area contributed by atoms with E-state index in [-0.39, 0.29) is 0 Å². The van der Waals surface area contributed by atoms with Crippen molar-refractivity contribution in [3.05, 3.63) is 40.9 Å². The van der Waals surface area contributed by atoms with Gasteiger partial charge in [-0.1, -0.05) is 35.3 Å². The molecule has 1 rings (SSSR count). The summed E-state index contributed by atoms with van der Waals surface area (Å²) in [6.07, 6.45) is 1.65. The molecule has 0 aromatic heterocycles. The van der Waals surface area contributed by atoms with Crippen LogP contribution in [0.5, 0.6) is 0 Å². The molecule has 0 amide bonds. The summed E-state index contributed by atoms with van der Waals surface area (Å²) in [5.41, 5.74) is 0.779. The first-order valence-corrected chi connectivity index (χ1v) is 8.21. The smallest absolute Gasteiger partial charge is 0.311 e. The van der Waals surface area contributed by atoms with Crippen LogP contribution < -0.4 is 0 Å². The monoisotopic (exact) mass is 337 g/mol. The van der Waals surface area contributed by atoms with Crippen LogP contribution in [0.15, 0.2) is 30.3 Å². The third-order valence-corrected chi connectivity index (χ3v) is 5.65. The van der Waals surface area contributed by atoms with Gasteiger partial charge in [-0.2, -0.15) is 0 Å². The highest BCUT2D eigenvalue weighted by Crippen LogP contribution is 2.53. The van der Waals surface area contributed by atoms with Crippen LogP contribution in [-0.2, 0) is 13.6 Å². The first-order valence-electron chi connectivity index (χ1n) is 5.85. The van der Waals surface area contributed by atoms with Crippen molar-refractivity contribution in [1.82, 2.24) is 4.90 Å². The van der Waals surface area contributed by atoms with Gasteiger partial charge in [0.15, 0.2) is 0 Å². The molecule has 0 aliphatic rings. The van der Waals surface area contributed by atoms with Crippen LogP contribution in [0.4, 0.5) is 0 Å². The van der Waals surface area contributed by atoms with Crippen LogP contribution >= 0.6 is 30.8 Å². The maximum atomic E-state index is 12.5. The fourth-order valence-corrected chi connectivity index (χ4v) is 3.59. The Hall–Kier alpha value is -0.350. The molecule has 0 saturated heterocycles. The van der Waals surface area contributed by atoms with Gasteiger partial charge in [0, 0.05) is 24.3 Å². The number of rotatable bonds is 6. The molecule has 1 atom stereocenters. The zero-order chi connectivity index (χ0) is 15.3. The molecule has 0 fully saturated rings. The van der Waals surface area contributed by atoms with E-state index in [2.05, 4.69) is 0 Å². The summed E-state index contributed by atoms with van der Waals surface area (Å²) in [5.74, 6) is -0.583. The van der Waals surface area contributed by atoms with Gasteiger partial charge in [-0.15, -0.1) is 0 Å². The lowest BCUT2D eigenvalue weighted by Crippen LogP contribution is -2.27. The van der Waals surface area contributed by atoms with Crippen LogP contribution in [0.3, 0.4) is 0 Å². The van der Waals surface area contributed by atoms with Gasteiger partial charge in [-0.25, -0.2) is 0 Å². The Balaban J connectivity index is 3.14. The largest absolute Gasteiger partial charge is 0.351 e. The lowest BCUT2D eigenvalue weighted by Gasteiger charge is -2.27. The van der Waals surface area contributed by atoms with Crippen molar-refractivity contribution in [3.63, 3.8) is 0 Å². The maximum absolute atomic E-state index is 12.5. The number of nitrogens with zero attached hydrogens (tertiary/aromatic N) is 1. The van der Waals surface area contributed by atoms with Gasteiger partial charge in [-0.3, -0.25) is 9.46 Å². The van der Waals surface area contributed by atoms with E-state index < -0.39 is 13.4 Å². The summed E-state index contributed by atoms with van der Waals surface area (Å²) in [4.78, 5) is 1.73. The molecule has 0 aliphatic heterocycles. The maximum Gasteiger partial charge on any atom is 0.351 e. The van der Waals surface area contributed by atoms with Gasteiger partial charge < -0.3 is 9.05 Å². The van der Waals surface area contributed by atoms with Gasteiger partial charge in [0.25, 0.3) is 0 Å². The highest BCUT2D eigenvalue weighted by atomic mass is 35.5. The quantitative estimate of drug-likeness (QED) is 0.725. The van der Waals surface area contributed by atoms with Crippen molar-refractivity contribution in [3.8, 4) is 0 Å². The first kappa shape index (κ1) is 17.7. The molecule has 0 aliphatic carbocycles. The molecule has 20 heavy (non-hydrogen) atoms. The second-order valence-electron chi connectivity index (χ2n) is 4.30. The zero-order valence-electron chi connectivity index (χ0n) is 11.8. The van der Waals surface area contributed by atoms with Crippen LogP contribution in [-0.4, -0.2) is 39.0 Å². The SMILES string of the molecule is COP(=O)(OC)C(/C=C(\Cl)c1ccc(Cl)cc1)N(C)C. The lowest BCUT2D eigenvalue weighted by atomic mass is 10.2. The molecular weight excluding hydrogens is 320 g/mol.